The van der Waals surface area contributed by atoms with Crippen LogP contribution in [0.2, 0.25) is 0 Å². The molecule has 0 spiro atoms. The predicted molar refractivity (Wildman–Crippen MR) is 80.3 cm³/mol. The Hall–Kier alpha value is -2.16. The molecule has 0 radical (unpaired) electrons. The van der Waals surface area contributed by atoms with Gasteiger partial charge in [-0.2, -0.15) is 0 Å². The van der Waals surface area contributed by atoms with E-state index in [1.54, 1.807) is 0 Å². The molecule has 3 heteroatoms. The average molecular weight is 282 g/mol. The Morgan fingerprint density at radius 2 is 1.90 bits per heavy atom. The second-order valence-electron chi connectivity index (χ2n) is 5.86. The molecule has 0 bridgehead atoms. The summed E-state index contributed by atoms with van der Waals surface area (Å²) in [7, 11) is 0. The molecule has 4 rings (SSSR count). The van der Waals surface area contributed by atoms with E-state index < -0.39 is 0 Å². The van der Waals surface area contributed by atoms with Gasteiger partial charge in [-0.15, -0.1) is 0 Å². The molecule has 2 aromatic carbocycles. The Balaban J connectivity index is 1.69. The lowest BCUT2D eigenvalue weighted by Crippen LogP contribution is -2.23. The number of rotatable bonds is 2. The van der Waals surface area contributed by atoms with E-state index in [-0.39, 0.29) is 18.1 Å². The van der Waals surface area contributed by atoms with Gasteiger partial charge in [-0.3, -0.25) is 0 Å². The molecule has 0 aliphatic carbocycles. The van der Waals surface area contributed by atoms with Gasteiger partial charge in [-0.25, -0.2) is 0 Å². The van der Waals surface area contributed by atoms with Crippen LogP contribution in [0.5, 0.6) is 17.2 Å². The molecule has 0 unspecified atom stereocenters. The third-order valence-electron chi connectivity index (χ3n) is 4.02. The lowest BCUT2D eigenvalue weighted by molar-refractivity contribution is 0.138. The summed E-state index contributed by atoms with van der Waals surface area (Å²) in [6.07, 6.45) is 0.214. The Morgan fingerprint density at radius 3 is 2.76 bits per heavy atom. The molecular weight excluding hydrogens is 264 g/mol. The molecule has 0 saturated heterocycles. The number of ether oxygens (including phenoxy) is 3. The largest absolute Gasteiger partial charge is 0.492 e. The van der Waals surface area contributed by atoms with E-state index in [2.05, 4.69) is 18.2 Å². The van der Waals surface area contributed by atoms with Gasteiger partial charge in [0.2, 0.25) is 0 Å². The van der Waals surface area contributed by atoms with E-state index in [4.69, 9.17) is 14.2 Å². The van der Waals surface area contributed by atoms with E-state index in [1.807, 2.05) is 38.1 Å². The first kappa shape index (κ1) is 12.6. The van der Waals surface area contributed by atoms with Crippen LogP contribution < -0.4 is 14.2 Å². The fourth-order valence-electron chi connectivity index (χ4n) is 3.13. The number of para-hydroxylation sites is 1. The Morgan fingerprint density at radius 1 is 1.05 bits per heavy atom. The Kier molecular flexibility index (Phi) is 2.81. The van der Waals surface area contributed by atoms with Gasteiger partial charge in [0.25, 0.3) is 0 Å². The minimum atomic E-state index is 0.0549. The molecule has 0 saturated carbocycles. The maximum Gasteiger partial charge on any atom is 0.138 e. The highest BCUT2D eigenvalue weighted by Crippen LogP contribution is 2.51. The van der Waals surface area contributed by atoms with Crippen LogP contribution in [0, 0.1) is 0 Å². The third-order valence-corrected chi connectivity index (χ3v) is 4.02. The molecule has 108 valence electrons. The van der Waals surface area contributed by atoms with E-state index in [0.29, 0.717) is 6.61 Å². The van der Waals surface area contributed by atoms with Crippen LogP contribution in [-0.2, 0) is 0 Å². The van der Waals surface area contributed by atoms with E-state index in [1.165, 1.54) is 5.56 Å². The van der Waals surface area contributed by atoms with E-state index in [9.17, 15) is 0 Å². The second-order valence-corrected chi connectivity index (χ2v) is 5.86. The maximum atomic E-state index is 6.14. The van der Waals surface area contributed by atoms with Gasteiger partial charge in [0, 0.05) is 17.2 Å². The quantitative estimate of drug-likeness (QED) is 0.830. The summed E-state index contributed by atoms with van der Waals surface area (Å²) in [6, 6.07) is 14.3. The summed E-state index contributed by atoms with van der Waals surface area (Å²) in [5.41, 5.74) is 2.36. The van der Waals surface area contributed by atoms with Gasteiger partial charge < -0.3 is 14.2 Å². The first-order valence-electron chi connectivity index (χ1n) is 7.41. The molecular formula is C18H18O3. The number of benzene rings is 2. The zero-order chi connectivity index (χ0) is 14.4. The molecule has 2 heterocycles. The molecule has 0 amide bonds. The summed E-state index contributed by atoms with van der Waals surface area (Å²) in [4.78, 5) is 0. The topological polar surface area (TPSA) is 27.7 Å². The van der Waals surface area contributed by atoms with Crippen LogP contribution in [0.25, 0.3) is 0 Å². The zero-order valence-corrected chi connectivity index (χ0v) is 12.2. The zero-order valence-electron chi connectivity index (χ0n) is 12.2. The highest BCUT2D eigenvalue weighted by molar-refractivity contribution is 5.50. The molecule has 0 N–H and O–H groups in total. The molecule has 2 aromatic rings. The predicted octanol–water partition coefficient (Wildman–Crippen LogP) is 4.08. The molecule has 2 atom stereocenters. The van der Waals surface area contributed by atoms with Crippen molar-refractivity contribution in [3.8, 4) is 17.2 Å². The summed E-state index contributed by atoms with van der Waals surface area (Å²) in [6.45, 7) is 4.69. The minimum Gasteiger partial charge on any atom is -0.492 e. The summed E-state index contributed by atoms with van der Waals surface area (Å²) in [5.74, 6) is 2.98. The molecule has 3 nitrogen and oxygen atoms in total. The van der Waals surface area contributed by atoms with Crippen molar-refractivity contribution in [1.82, 2.24) is 0 Å². The summed E-state index contributed by atoms with van der Waals surface area (Å²) >= 11 is 0. The van der Waals surface area contributed by atoms with E-state index >= 15 is 0 Å². The highest BCUT2D eigenvalue weighted by atomic mass is 16.5. The van der Waals surface area contributed by atoms with Crippen molar-refractivity contribution >= 4 is 0 Å². The van der Waals surface area contributed by atoms with Gasteiger partial charge in [0.1, 0.15) is 23.4 Å². The van der Waals surface area contributed by atoms with Crippen LogP contribution >= 0.6 is 0 Å². The van der Waals surface area contributed by atoms with Crippen molar-refractivity contribution in [1.29, 1.82) is 0 Å². The smallest absolute Gasteiger partial charge is 0.138 e. The lowest BCUT2D eigenvalue weighted by Gasteiger charge is -2.28. The Bertz CT molecular complexity index is 678. The third kappa shape index (κ3) is 2.04. The van der Waals surface area contributed by atoms with Gasteiger partial charge in [0.05, 0.1) is 18.6 Å². The monoisotopic (exact) mass is 282 g/mol. The van der Waals surface area contributed by atoms with Gasteiger partial charge in [0.15, 0.2) is 0 Å². The van der Waals surface area contributed by atoms with Crippen LogP contribution in [0.3, 0.4) is 0 Å². The lowest BCUT2D eigenvalue weighted by atomic mass is 9.89. The van der Waals surface area contributed by atoms with Gasteiger partial charge in [-0.1, -0.05) is 18.2 Å². The van der Waals surface area contributed by atoms with Crippen molar-refractivity contribution < 1.29 is 14.2 Å². The van der Waals surface area contributed by atoms with Gasteiger partial charge in [-0.05, 0) is 32.0 Å². The van der Waals surface area contributed by atoms with Crippen LogP contribution in [0.4, 0.5) is 0 Å². The molecule has 0 fully saturated rings. The summed E-state index contributed by atoms with van der Waals surface area (Å²) < 4.78 is 17.8. The average Bonchev–Trinajstić information content (AvgIpc) is 2.85. The standard InChI is InChI=1S/C18H18O3/c1-11(2)20-12-7-8-14-17(9-12)19-10-15-13-5-3-4-6-16(13)21-18(14)15/h3-9,11,15,18H,10H2,1-2H3/t15-,18-/m0/s1. The van der Waals surface area contributed by atoms with Crippen molar-refractivity contribution in [2.45, 2.75) is 32.0 Å². The fraction of sp³-hybridized carbons (Fsp3) is 0.333. The normalized spacial score (nSPS) is 21.9. The number of hydrogen-bond acceptors (Lipinski definition) is 3. The fourth-order valence-corrected chi connectivity index (χ4v) is 3.13. The van der Waals surface area contributed by atoms with Crippen molar-refractivity contribution in [3.05, 3.63) is 53.6 Å². The van der Waals surface area contributed by atoms with Crippen molar-refractivity contribution in [2.75, 3.05) is 6.61 Å². The van der Waals surface area contributed by atoms with Gasteiger partial charge >= 0.3 is 0 Å². The Labute approximate surface area is 124 Å². The van der Waals surface area contributed by atoms with Crippen LogP contribution in [-0.4, -0.2) is 12.7 Å². The second kappa shape index (κ2) is 4.69. The van der Waals surface area contributed by atoms with Crippen LogP contribution in [0.1, 0.15) is 37.0 Å². The minimum absolute atomic E-state index is 0.0549. The SMILES string of the molecule is CC(C)Oc1ccc2c(c1)OC[C@H]1c3ccccc3O[C@@H]21. The van der Waals surface area contributed by atoms with Crippen LogP contribution in [0.15, 0.2) is 42.5 Å². The molecule has 0 aromatic heterocycles. The first-order valence-corrected chi connectivity index (χ1v) is 7.41. The molecule has 2 aliphatic rings. The van der Waals surface area contributed by atoms with Crippen molar-refractivity contribution in [2.24, 2.45) is 0 Å². The number of hydrogen-bond donors (Lipinski definition) is 0. The maximum absolute atomic E-state index is 6.14. The highest BCUT2D eigenvalue weighted by Gasteiger charge is 2.40. The summed E-state index contributed by atoms with van der Waals surface area (Å²) in [5, 5.41) is 0. The molecule has 21 heavy (non-hydrogen) atoms. The first-order chi connectivity index (χ1) is 10.2. The van der Waals surface area contributed by atoms with Crippen molar-refractivity contribution in [3.63, 3.8) is 0 Å². The van der Waals surface area contributed by atoms with E-state index in [0.717, 1.165) is 22.8 Å². The molecule has 2 aliphatic heterocycles. The number of fused-ring (bicyclic) bond motifs is 5.